The van der Waals surface area contributed by atoms with Gasteiger partial charge in [0.05, 0.1) is 16.7 Å². The van der Waals surface area contributed by atoms with Crippen molar-refractivity contribution >= 4 is 39.3 Å². The summed E-state index contributed by atoms with van der Waals surface area (Å²) in [5.74, 6) is 0.361. The highest BCUT2D eigenvalue weighted by Gasteiger charge is 2.24. The highest BCUT2D eigenvalue weighted by atomic mass is 32.2. The first-order valence-electron chi connectivity index (χ1n) is 10.2. The zero-order valence-corrected chi connectivity index (χ0v) is 18.6. The van der Waals surface area contributed by atoms with Crippen molar-refractivity contribution in [1.82, 2.24) is 14.5 Å². The molecule has 1 amide bonds. The van der Waals surface area contributed by atoms with E-state index in [2.05, 4.69) is 27.7 Å². The maximum absolute atomic E-state index is 12.9. The van der Waals surface area contributed by atoms with E-state index in [1.807, 2.05) is 41.3 Å². The largest absolute Gasteiger partial charge is 0.337 e. The molecule has 6 heteroatoms. The zero-order valence-electron chi connectivity index (χ0n) is 17.8. The van der Waals surface area contributed by atoms with Gasteiger partial charge >= 0.3 is 0 Å². The fourth-order valence-electron chi connectivity index (χ4n) is 3.59. The van der Waals surface area contributed by atoms with Crippen LogP contribution in [-0.2, 0) is 11.8 Å². The summed E-state index contributed by atoms with van der Waals surface area (Å²) < 4.78 is 1.55. The molecule has 0 saturated heterocycles. The number of thioether (sulfide) groups is 1. The second-order valence-corrected chi connectivity index (χ2v) is 8.52. The van der Waals surface area contributed by atoms with Crippen LogP contribution in [0, 0.1) is 0 Å². The van der Waals surface area contributed by atoms with Crippen molar-refractivity contribution in [3.63, 3.8) is 0 Å². The smallest absolute Gasteiger partial charge is 0.261 e. The molecule has 0 fully saturated rings. The Hall–Kier alpha value is -2.34. The van der Waals surface area contributed by atoms with Crippen LogP contribution < -0.4 is 5.56 Å². The van der Waals surface area contributed by atoms with Gasteiger partial charge in [0.25, 0.3) is 5.56 Å². The minimum absolute atomic E-state index is 0.0867. The van der Waals surface area contributed by atoms with Gasteiger partial charge in [0.15, 0.2) is 5.16 Å². The average Bonchev–Trinajstić information content (AvgIpc) is 2.73. The number of carbonyl (C=O) groups is 1. The van der Waals surface area contributed by atoms with Gasteiger partial charge in [0.2, 0.25) is 5.91 Å². The average molecular weight is 412 g/mol. The first-order valence-corrected chi connectivity index (χ1v) is 11.2. The van der Waals surface area contributed by atoms with Crippen molar-refractivity contribution < 1.29 is 4.79 Å². The van der Waals surface area contributed by atoms with E-state index in [0.717, 1.165) is 23.6 Å². The van der Waals surface area contributed by atoms with Gasteiger partial charge in [-0.3, -0.25) is 14.2 Å². The molecule has 29 heavy (non-hydrogen) atoms. The van der Waals surface area contributed by atoms with Gasteiger partial charge in [0, 0.05) is 19.1 Å². The van der Waals surface area contributed by atoms with Crippen molar-refractivity contribution in [2.24, 2.45) is 7.05 Å². The van der Waals surface area contributed by atoms with Gasteiger partial charge in [0.1, 0.15) is 0 Å². The molecule has 3 aromatic rings. The quantitative estimate of drug-likeness (QED) is 0.324. The van der Waals surface area contributed by atoms with E-state index in [-0.39, 0.29) is 29.3 Å². The number of benzene rings is 2. The Bertz CT molecular complexity index is 1080. The van der Waals surface area contributed by atoms with Crippen LogP contribution in [0.5, 0.6) is 0 Å². The number of fused-ring (bicyclic) bond motifs is 2. The summed E-state index contributed by atoms with van der Waals surface area (Å²) >= 11 is 1.33. The maximum atomic E-state index is 12.9. The Labute approximate surface area is 176 Å². The number of amides is 1. The van der Waals surface area contributed by atoms with E-state index in [0.29, 0.717) is 16.1 Å². The lowest BCUT2D eigenvalue weighted by Crippen LogP contribution is -2.45. The molecule has 1 heterocycles. The third-order valence-electron chi connectivity index (χ3n) is 5.65. The summed E-state index contributed by atoms with van der Waals surface area (Å²) in [5, 5.41) is 3.24. The highest BCUT2D eigenvalue weighted by Crippen LogP contribution is 2.23. The third-order valence-corrected chi connectivity index (χ3v) is 6.66. The second kappa shape index (κ2) is 8.99. The predicted molar refractivity (Wildman–Crippen MR) is 122 cm³/mol. The number of nitrogens with zero attached hydrogens (tertiary/aromatic N) is 3. The van der Waals surface area contributed by atoms with E-state index in [4.69, 9.17) is 4.98 Å². The number of hydrogen-bond acceptors (Lipinski definition) is 4. The van der Waals surface area contributed by atoms with E-state index >= 15 is 0 Å². The highest BCUT2D eigenvalue weighted by molar-refractivity contribution is 7.99. The van der Waals surface area contributed by atoms with Crippen molar-refractivity contribution in [1.29, 1.82) is 0 Å². The normalized spacial score (nSPS) is 13.6. The van der Waals surface area contributed by atoms with Gasteiger partial charge < -0.3 is 4.90 Å². The van der Waals surface area contributed by atoms with Crippen LogP contribution in [-0.4, -0.2) is 38.2 Å². The fraction of sp³-hybridized carbons (Fsp3) is 0.435. The molecule has 3 rings (SSSR count). The minimum atomic E-state index is -0.0867. The molecular formula is C23H29N3O2S. The van der Waals surface area contributed by atoms with Crippen LogP contribution in [0.15, 0.2) is 46.3 Å². The topological polar surface area (TPSA) is 55.2 Å². The first-order chi connectivity index (χ1) is 13.9. The molecule has 0 unspecified atom stereocenters. The lowest BCUT2D eigenvalue weighted by atomic mass is 10.1. The van der Waals surface area contributed by atoms with Crippen molar-refractivity contribution in [3.05, 3.63) is 46.8 Å². The standard InChI is InChI=1S/C23H29N3O2S/c1-6-15(3)26(16(4)7-2)21(27)14-29-23-24-20-13-18-11-9-8-10-17(18)12-19(20)22(28)25(23)5/h8-13,15-16H,6-7,14H2,1-5H3/t15-,16-/m0/s1. The van der Waals surface area contributed by atoms with E-state index in [1.54, 1.807) is 11.6 Å². The van der Waals surface area contributed by atoms with Gasteiger partial charge in [-0.05, 0) is 49.6 Å². The Morgan fingerprint density at radius 3 is 2.28 bits per heavy atom. The van der Waals surface area contributed by atoms with Crippen molar-refractivity contribution in [2.45, 2.75) is 57.8 Å². The molecule has 0 aliphatic rings. The number of aromatic nitrogens is 2. The Morgan fingerprint density at radius 1 is 1.10 bits per heavy atom. The molecule has 5 nitrogen and oxygen atoms in total. The van der Waals surface area contributed by atoms with Crippen LogP contribution in [0.1, 0.15) is 40.5 Å². The summed E-state index contributed by atoms with van der Waals surface area (Å²) in [4.78, 5) is 32.5. The molecule has 0 spiro atoms. The Morgan fingerprint density at radius 2 is 1.69 bits per heavy atom. The molecular weight excluding hydrogens is 382 g/mol. The first kappa shape index (κ1) is 21.4. The molecule has 1 aromatic heterocycles. The number of carbonyl (C=O) groups excluding carboxylic acids is 1. The Balaban J connectivity index is 1.91. The fourth-order valence-corrected chi connectivity index (χ4v) is 4.43. The van der Waals surface area contributed by atoms with Crippen LogP contribution in [0.4, 0.5) is 0 Å². The predicted octanol–water partition coefficient (Wildman–Crippen LogP) is 4.60. The van der Waals surface area contributed by atoms with Crippen molar-refractivity contribution in [3.8, 4) is 0 Å². The molecule has 0 saturated carbocycles. The van der Waals surface area contributed by atoms with E-state index in [1.165, 1.54) is 11.8 Å². The summed E-state index contributed by atoms with van der Waals surface area (Å²) in [6.45, 7) is 8.37. The minimum Gasteiger partial charge on any atom is -0.337 e. The van der Waals surface area contributed by atoms with Gasteiger partial charge in [-0.15, -0.1) is 0 Å². The lowest BCUT2D eigenvalue weighted by Gasteiger charge is -2.34. The van der Waals surface area contributed by atoms with Crippen LogP contribution in [0.2, 0.25) is 0 Å². The third kappa shape index (κ3) is 4.32. The molecule has 0 aliphatic heterocycles. The van der Waals surface area contributed by atoms with Crippen molar-refractivity contribution in [2.75, 3.05) is 5.75 Å². The number of hydrogen-bond donors (Lipinski definition) is 0. The maximum Gasteiger partial charge on any atom is 0.261 e. The summed E-state index contributed by atoms with van der Waals surface area (Å²) in [5.41, 5.74) is 0.582. The van der Waals surface area contributed by atoms with Crippen LogP contribution in [0.3, 0.4) is 0 Å². The van der Waals surface area contributed by atoms with E-state index in [9.17, 15) is 9.59 Å². The molecule has 0 bridgehead atoms. The summed E-state index contributed by atoms with van der Waals surface area (Å²) in [6.07, 6.45) is 1.83. The van der Waals surface area contributed by atoms with Gasteiger partial charge in [-0.25, -0.2) is 4.98 Å². The zero-order chi connectivity index (χ0) is 21.1. The summed E-state index contributed by atoms with van der Waals surface area (Å²) in [6, 6.07) is 12.2. The van der Waals surface area contributed by atoms with Gasteiger partial charge in [-0.1, -0.05) is 49.9 Å². The van der Waals surface area contributed by atoms with Crippen LogP contribution in [0.25, 0.3) is 21.7 Å². The molecule has 2 aromatic carbocycles. The lowest BCUT2D eigenvalue weighted by molar-refractivity contribution is -0.132. The SMILES string of the molecule is CC[C@H](C)N(C(=O)CSc1nc2cc3ccccc3cc2c(=O)n1C)[C@@H](C)CC. The molecule has 0 N–H and O–H groups in total. The molecule has 154 valence electrons. The van der Waals surface area contributed by atoms with Gasteiger partial charge in [-0.2, -0.15) is 0 Å². The number of rotatable bonds is 7. The van der Waals surface area contributed by atoms with E-state index < -0.39 is 0 Å². The molecule has 2 atom stereocenters. The molecule has 0 radical (unpaired) electrons. The van der Waals surface area contributed by atoms with Crippen LogP contribution >= 0.6 is 11.8 Å². The second-order valence-electron chi connectivity index (χ2n) is 7.58. The molecule has 0 aliphatic carbocycles. The monoisotopic (exact) mass is 411 g/mol. The Kier molecular flexibility index (Phi) is 6.63. The summed E-state index contributed by atoms with van der Waals surface area (Å²) in [7, 11) is 1.72.